The molecule has 5 rings (SSSR count). The summed E-state index contributed by atoms with van der Waals surface area (Å²) in [4.78, 5) is 114. The van der Waals surface area contributed by atoms with E-state index in [4.69, 9.17) is 25.3 Å². The van der Waals surface area contributed by atoms with Gasteiger partial charge in [-0.25, -0.2) is 28.6 Å². The van der Waals surface area contributed by atoms with E-state index in [9.17, 15) is 72.1 Å². The molecule has 11 unspecified atom stereocenters. The van der Waals surface area contributed by atoms with Crippen LogP contribution in [0.3, 0.4) is 0 Å². The number of benzene rings is 2. The average Bonchev–Trinajstić information content (AvgIpc) is 3.91. The predicted molar refractivity (Wildman–Crippen MR) is 272 cm³/mol. The Hall–Kier alpha value is -4.38. The molecule has 14 N–H and O–H groups in total. The Morgan fingerprint density at radius 3 is 2.17 bits per heavy atom. The fourth-order valence-electron chi connectivity index (χ4n) is 7.27. The van der Waals surface area contributed by atoms with E-state index in [1.165, 1.54) is 27.7 Å². The minimum Gasteiger partial charge on any atom is -0.386 e. The van der Waals surface area contributed by atoms with Gasteiger partial charge in [0.25, 0.3) is 0 Å². The Balaban J connectivity index is 1.02. The SMILES string of the molecule is CC(NC(=O)C(Cc1ccc(-c2ccccc2)cc1)CP(=O)(O)C(C)N)C(=O)SCCNC(=O)CCNC(=O)C(O)C(C)(C)COP(=O)(O)OP(=O)(O)OCC1OC(n2cnc3c(N)ncnc32)C(O)C1OP(=O)(O)O. The number of nitrogens with one attached hydrogen (secondary N) is 3. The first kappa shape index (κ1) is 62.5. The second-order valence-electron chi connectivity index (χ2n) is 18.1. The Morgan fingerprint density at radius 1 is 0.882 bits per heavy atom. The minimum absolute atomic E-state index is 0.00449. The maximum atomic E-state index is 13.5. The maximum absolute atomic E-state index is 13.5. The number of amides is 3. The fraction of sp³-hybridized carbons (Fsp3) is 0.500. The summed E-state index contributed by atoms with van der Waals surface area (Å²) < 4.78 is 75.5. The van der Waals surface area contributed by atoms with E-state index < -0.39 is 127 Å². The molecule has 3 amide bonds. The third kappa shape index (κ3) is 18.1. The number of phosphoric acid groups is 3. The van der Waals surface area contributed by atoms with Crippen molar-refractivity contribution in [2.24, 2.45) is 17.1 Å². The smallest absolute Gasteiger partial charge is 0.386 e. The van der Waals surface area contributed by atoms with Crippen LogP contribution in [-0.2, 0) is 66.5 Å². The molecule has 2 aromatic heterocycles. The molecule has 11 atom stereocenters. The number of phosphoric ester groups is 3. The highest BCUT2D eigenvalue weighted by Crippen LogP contribution is 2.61. The third-order valence-corrected chi connectivity index (χ3v) is 17.9. The molecule has 29 nitrogen and oxygen atoms in total. The number of fused-ring (bicyclic) bond motifs is 1. The van der Waals surface area contributed by atoms with Gasteiger partial charge in [-0.3, -0.25) is 41.9 Å². The summed E-state index contributed by atoms with van der Waals surface area (Å²) in [5.41, 5.74) is 12.6. The summed E-state index contributed by atoms with van der Waals surface area (Å²) in [7, 11) is -20.5. The lowest BCUT2D eigenvalue weighted by Crippen LogP contribution is -2.46. The number of hydrogen-bond donors (Lipinski definition) is 12. The standard InChI is InChI=1S/C42H61N9O20P4S/c1-24(50-38(55)29(20-72(58,59)25(2)43)18-26-10-12-28(13-11-26)27-8-6-5-7-9-27)41(57)76-17-16-45-31(52)14-15-46-39(56)35(54)42(3,4)21-68-75(65,66)71-74(63,64)67-19-30-34(70-73(60,61)62)33(53)40(69-30)51-23-49-32-36(44)47-22-48-37(32)51/h5-13,22-25,29-30,33-35,40,53-54H,14-21,43H2,1-4H3,(H,45,52)(H,46,56)(H,50,55)(H,58,59)(H,63,64)(H,65,66)(H2,44,47,48)(H2,60,61,62). The van der Waals surface area contributed by atoms with Gasteiger partial charge in [0.2, 0.25) is 30.2 Å². The molecule has 1 aliphatic rings. The zero-order valence-corrected chi connectivity index (χ0v) is 45.6. The van der Waals surface area contributed by atoms with E-state index in [2.05, 4.69) is 39.7 Å². The number of hydrogen-bond acceptors (Lipinski definition) is 21. The molecule has 3 heterocycles. The number of rotatable bonds is 28. The van der Waals surface area contributed by atoms with Crippen LogP contribution in [0, 0.1) is 11.3 Å². The number of carbonyl (C=O) groups excluding carboxylic acids is 4. The molecule has 2 aromatic carbocycles. The van der Waals surface area contributed by atoms with E-state index in [1.54, 1.807) is 0 Å². The van der Waals surface area contributed by atoms with Crippen molar-refractivity contribution < 1.29 is 94.7 Å². The molecule has 0 bridgehead atoms. The molecule has 4 aromatic rings. The second-order valence-corrected chi connectivity index (χ2v) is 26.1. The molecule has 420 valence electrons. The van der Waals surface area contributed by atoms with E-state index in [1.807, 2.05) is 54.6 Å². The lowest BCUT2D eigenvalue weighted by atomic mass is 9.87. The quantitative estimate of drug-likeness (QED) is 0.0281. The number of nitrogens with zero attached hydrogens (tertiary/aromatic N) is 4. The molecule has 0 aliphatic carbocycles. The summed E-state index contributed by atoms with van der Waals surface area (Å²) in [6.07, 6.45) is -7.58. The van der Waals surface area contributed by atoms with Crippen LogP contribution in [0.2, 0.25) is 0 Å². The van der Waals surface area contributed by atoms with Gasteiger partial charge in [0.1, 0.15) is 36.3 Å². The van der Waals surface area contributed by atoms with Crippen molar-refractivity contribution in [3.63, 3.8) is 0 Å². The summed E-state index contributed by atoms with van der Waals surface area (Å²) in [6.45, 7) is 2.86. The zero-order chi connectivity index (χ0) is 56.4. The van der Waals surface area contributed by atoms with Crippen molar-refractivity contribution in [1.29, 1.82) is 0 Å². The summed E-state index contributed by atoms with van der Waals surface area (Å²) in [6, 6.07) is 16.0. The monoisotopic (exact) mass is 1170 g/mol. The van der Waals surface area contributed by atoms with Gasteiger partial charge in [-0.15, -0.1) is 0 Å². The van der Waals surface area contributed by atoms with Gasteiger partial charge >= 0.3 is 23.5 Å². The van der Waals surface area contributed by atoms with Crippen LogP contribution in [0.1, 0.15) is 45.9 Å². The highest BCUT2D eigenvalue weighted by Gasteiger charge is 2.50. The van der Waals surface area contributed by atoms with Gasteiger partial charge in [0.15, 0.2) is 17.7 Å². The number of aliphatic hydroxyl groups is 2. The number of nitrogen functional groups attached to an aromatic ring is 1. The maximum Gasteiger partial charge on any atom is 0.481 e. The van der Waals surface area contributed by atoms with Gasteiger partial charge in [-0.1, -0.05) is 80.2 Å². The van der Waals surface area contributed by atoms with Gasteiger partial charge in [0, 0.05) is 36.8 Å². The Morgan fingerprint density at radius 2 is 1.53 bits per heavy atom. The predicted octanol–water partition coefficient (Wildman–Crippen LogP) is 1.27. The Labute approximate surface area is 439 Å². The minimum atomic E-state index is -5.63. The average molecular weight is 1170 g/mol. The molecule has 0 radical (unpaired) electrons. The van der Waals surface area contributed by atoms with Crippen molar-refractivity contribution in [3.8, 4) is 11.1 Å². The van der Waals surface area contributed by atoms with Crippen molar-refractivity contribution in [1.82, 2.24) is 35.5 Å². The van der Waals surface area contributed by atoms with Gasteiger partial charge in [-0.2, -0.15) is 4.31 Å². The van der Waals surface area contributed by atoms with Crippen LogP contribution in [0.5, 0.6) is 0 Å². The first-order chi connectivity index (χ1) is 35.4. The van der Waals surface area contributed by atoms with E-state index in [-0.39, 0.29) is 48.7 Å². The lowest BCUT2D eigenvalue weighted by Gasteiger charge is -2.30. The van der Waals surface area contributed by atoms with Crippen molar-refractivity contribution in [2.45, 2.75) is 83.0 Å². The largest absolute Gasteiger partial charge is 0.481 e. The number of imidazole rings is 1. The highest BCUT2D eigenvalue weighted by molar-refractivity contribution is 8.13. The summed E-state index contributed by atoms with van der Waals surface area (Å²) in [5.74, 6) is -4.28. The zero-order valence-electron chi connectivity index (χ0n) is 41.2. The Kier molecular flexibility index (Phi) is 21.8. The van der Waals surface area contributed by atoms with Gasteiger partial charge in [-0.05, 0) is 37.0 Å². The van der Waals surface area contributed by atoms with E-state index in [0.29, 0.717) is 0 Å². The number of nitrogens with two attached hydrogens (primary N) is 2. The molecule has 34 heteroatoms. The summed E-state index contributed by atoms with van der Waals surface area (Å²) in [5, 5.41) is 28.7. The van der Waals surface area contributed by atoms with Crippen molar-refractivity contribution in [3.05, 3.63) is 72.8 Å². The van der Waals surface area contributed by atoms with Gasteiger partial charge in [0.05, 0.1) is 37.3 Å². The number of thioether (sulfide) groups is 1. The molecule has 1 fully saturated rings. The first-order valence-corrected chi connectivity index (χ1v) is 30.4. The number of aromatic nitrogens is 4. The fourth-order valence-corrected chi connectivity index (χ4v) is 12.1. The lowest BCUT2D eigenvalue weighted by molar-refractivity contribution is -0.137. The molecule has 1 aliphatic heterocycles. The molecule has 1 saturated heterocycles. The number of ether oxygens (including phenoxy) is 1. The molecular formula is C42H61N9O20P4S. The molecular weight excluding hydrogens is 1110 g/mol. The highest BCUT2D eigenvalue weighted by atomic mass is 32.2. The summed E-state index contributed by atoms with van der Waals surface area (Å²) >= 11 is 0.815. The second kappa shape index (κ2) is 26.5. The number of anilines is 1. The molecule has 76 heavy (non-hydrogen) atoms. The molecule has 0 saturated carbocycles. The first-order valence-electron chi connectivity index (χ1n) is 23.0. The van der Waals surface area contributed by atoms with E-state index >= 15 is 0 Å². The Bertz CT molecular complexity index is 2860. The van der Waals surface area contributed by atoms with Crippen LogP contribution in [0.25, 0.3) is 22.3 Å². The van der Waals surface area contributed by atoms with Crippen LogP contribution < -0.4 is 27.4 Å². The molecule has 0 spiro atoms. The number of aliphatic hydroxyl groups excluding tert-OH is 2. The van der Waals surface area contributed by atoms with Crippen molar-refractivity contribution in [2.75, 3.05) is 44.0 Å². The van der Waals surface area contributed by atoms with Gasteiger partial charge < -0.3 is 66.8 Å². The topological polar surface area (TPSA) is 456 Å². The third-order valence-electron chi connectivity index (χ3n) is 11.5. The van der Waals surface area contributed by atoms with Crippen LogP contribution >= 0.6 is 42.6 Å². The van der Waals surface area contributed by atoms with Crippen LogP contribution in [-0.4, -0.2) is 151 Å². The van der Waals surface area contributed by atoms with Crippen LogP contribution in [0.4, 0.5) is 5.82 Å². The van der Waals surface area contributed by atoms with Crippen molar-refractivity contribution >= 4 is 82.4 Å². The normalized spacial score (nSPS) is 21.1. The van der Waals surface area contributed by atoms with E-state index in [0.717, 1.165) is 45.7 Å². The number of carbonyl (C=O) groups is 4. The van der Waals surface area contributed by atoms with Crippen LogP contribution in [0.15, 0.2) is 67.3 Å².